The molecule has 1 atom stereocenters. The quantitative estimate of drug-likeness (QED) is 0.238. The Bertz CT molecular complexity index is 1980. The van der Waals surface area contributed by atoms with E-state index < -0.39 is 41.1 Å². The van der Waals surface area contributed by atoms with Gasteiger partial charge in [0.1, 0.15) is 11.3 Å². The van der Waals surface area contributed by atoms with Gasteiger partial charge in [-0.15, -0.1) is 0 Å². The van der Waals surface area contributed by atoms with Gasteiger partial charge in [0.25, 0.3) is 11.5 Å². The van der Waals surface area contributed by atoms with Crippen molar-refractivity contribution in [2.75, 3.05) is 27.9 Å². The maximum Gasteiger partial charge on any atom is 0.344 e. The Kier molecular flexibility index (Phi) is 9.67. The van der Waals surface area contributed by atoms with E-state index >= 15 is 0 Å². The molecule has 0 N–H and O–H groups in total. The number of ether oxygens (including phenoxy) is 6. The van der Waals surface area contributed by atoms with Crippen molar-refractivity contribution in [2.45, 2.75) is 19.1 Å². The number of hydrogen-bond acceptors (Lipinski definition) is 12. The molecule has 4 aromatic rings. The normalized spacial score (nSPS) is 13.9. The molecule has 0 aliphatic carbocycles. The van der Waals surface area contributed by atoms with Crippen LogP contribution in [0.1, 0.15) is 50.1 Å². The molecule has 2 aromatic carbocycles. The zero-order valence-corrected chi connectivity index (χ0v) is 25.7. The Morgan fingerprint density at radius 2 is 1.60 bits per heavy atom. The van der Waals surface area contributed by atoms with Crippen LogP contribution in [0.25, 0.3) is 0 Å². The van der Waals surface area contributed by atoms with Crippen molar-refractivity contribution in [3.8, 4) is 28.9 Å². The maximum absolute atomic E-state index is 14.5. The molecular formula is C31H25ClFN3O11. The summed E-state index contributed by atoms with van der Waals surface area (Å²) >= 11 is 6.17. The Labute approximate surface area is 269 Å². The van der Waals surface area contributed by atoms with Gasteiger partial charge in [0, 0.05) is 18.2 Å². The molecule has 3 heterocycles. The van der Waals surface area contributed by atoms with Gasteiger partial charge in [0.05, 0.1) is 44.8 Å². The van der Waals surface area contributed by atoms with Crippen LogP contribution in [0.3, 0.4) is 0 Å². The van der Waals surface area contributed by atoms with Gasteiger partial charge in [-0.3, -0.25) is 14.2 Å². The molecule has 0 bridgehead atoms. The number of esters is 2. The van der Waals surface area contributed by atoms with Crippen molar-refractivity contribution in [1.82, 2.24) is 14.1 Å². The number of carbonyl (C=O) groups is 3. The molecule has 0 radical (unpaired) electrons. The predicted molar refractivity (Wildman–Crippen MR) is 161 cm³/mol. The van der Waals surface area contributed by atoms with Gasteiger partial charge >= 0.3 is 17.6 Å². The van der Waals surface area contributed by atoms with E-state index in [1.54, 1.807) is 0 Å². The zero-order chi connectivity index (χ0) is 33.8. The molecule has 1 fully saturated rings. The third-order valence-electron chi connectivity index (χ3n) is 6.93. The SMILES string of the molecule is COc1cc(C(=O)Oc2cc(OC(=O)c3cccc(C(=O)n4c(=O)c(F)cn(C5CCCO5)c4=O)c3)ncc2Cl)cc(OC)c1OC. The average Bonchev–Trinajstić information content (AvgIpc) is 3.62. The van der Waals surface area contributed by atoms with Crippen LogP contribution in [-0.4, -0.2) is 59.9 Å². The summed E-state index contributed by atoms with van der Waals surface area (Å²) in [7, 11) is 4.16. The monoisotopic (exact) mass is 669 g/mol. The Balaban J connectivity index is 1.37. The molecule has 0 saturated carbocycles. The Morgan fingerprint density at radius 3 is 2.23 bits per heavy atom. The third kappa shape index (κ3) is 6.71. The lowest BCUT2D eigenvalue weighted by Gasteiger charge is -2.15. The highest BCUT2D eigenvalue weighted by molar-refractivity contribution is 6.32. The topological polar surface area (TPSA) is 163 Å². The minimum Gasteiger partial charge on any atom is -0.493 e. The van der Waals surface area contributed by atoms with E-state index in [4.69, 9.17) is 40.0 Å². The van der Waals surface area contributed by atoms with Crippen molar-refractivity contribution in [2.24, 2.45) is 0 Å². The molecule has 244 valence electrons. The average molecular weight is 670 g/mol. The Hall–Kier alpha value is -5.54. The van der Waals surface area contributed by atoms with Gasteiger partial charge in [-0.1, -0.05) is 17.7 Å². The number of methoxy groups -OCH3 is 3. The molecule has 14 nitrogen and oxygen atoms in total. The molecule has 47 heavy (non-hydrogen) atoms. The van der Waals surface area contributed by atoms with Crippen molar-refractivity contribution in [3.63, 3.8) is 0 Å². The van der Waals surface area contributed by atoms with Gasteiger partial charge in [-0.05, 0) is 43.2 Å². The lowest BCUT2D eigenvalue weighted by Crippen LogP contribution is -2.46. The number of halogens is 2. The second-order valence-electron chi connectivity index (χ2n) is 9.81. The third-order valence-corrected chi connectivity index (χ3v) is 7.22. The molecule has 1 unspecified atom stereocenters. The van der Waals surface area contributed by atoms with Gasteiger partial charge in [-0.2, -0.15) is 8.96 Å². The van der Waals surface area contributed by atoms with E-state index in [0.29, 0.717) is 25.6 Å². The highest BCUT2D eigenvalue weighted by Crippen LogP contribution is 2.39. The van der Waals surface area contributed by atoms with Crippen LogP contribution in [0.15, 0.2) is 64.4 Å². The van der Waals surface area contributed by atoms with Crippen molar-refractivity contribution in [3.05, 3.63) is 103 Å². The van der Waals surface area contributed by atoms with Gasteiger partial charge in [0.2, 0.25) is 17.4 Å². The zero-order valence-electron chi connectivity index (χ0n) is 25.0. The van der Waals surface area contributed by atoms with E-state index in [1.807, 2.05) is 0 Å². The summed E-state index contributed by atoms with van der Waals surface area (Å²) < 4.78 is 47.4. The predicted octanol–water partition coefficient (Wildman–Crippen LogP) is 3.66. The lowest BCUT2D eigenvalue weighted by molar-refractivity contribution is 0.0501. The van der Waals surface area contributed by atoms with Crippen LogP contribution >= 0.6 is 11.6 Å². The summed E-state index contributed by atoms with van der Waals surface area (Å²) in [5.74, 6) is -4.27. The summed E-state index contributed by atoms with van der Waals surface area (Å²) in [4.78, 5) is 68.7. The number of hydrogen-bond donors (Lipinski definition) is 0. The first-order chi connectivity index (χ1) is 22.6. The number of benzene rings is 2. The first kappa shape index (κ1) is 32.8. The van der Waals surface area contributed by atoms with Crippen LogP contribution in [0.4, 0.5) is 4.39 Å². The standard InChI is InChI=1S/C31H25ClFN3O11/c1-42-22-11-18(12-23(43-2)26(22)44-3)30(40)46-21-13-24(34-14-19(21)32)47-29(39)17-7-4-6-16(10-17)27(37)36-28(38)20(33)15-35(31(36)41)25-8-5-9-45-25/h4,6-7,10-15,25H,5,8-9H2,1-3H3. The van der Waals surface area contributed by atoms with E-state index in [2.05, 4.69) is 4.98 Å². The molecule has 16 heteroatoms. The summed E-state index contributed by atoms with van der Waals surface area (Å²) in [6, 6.07) is 8.69. The van der Waals surface area contributed by atoms with E-state index in [1.165, 1.54) is 51.7 Å². The van der Waals surface area contributed by atoms with Gasteiger partial charge in [0.15, 0.2) is 17.2 Å². The second kappa shape index (κ2) is 13.8. The highest BCUT2D eigenvalue weighted by atomic mass is 35.5. The Morgan fingerprint density at radius 1 is 0.915 bits per heavy atom. The minimum absolute atomic E-state index is 0.0207. The maximum atomic E-state index is 14.5. The second-order valence-corrected chi connectivity index (χ2v) is 10.2. The number of pyridine rings is 1. The van der Waals surface area contributed by atoms with Gasteiger partial charge in [-0.25, -0.2) is 19.4 Å². The van der Waals surface area contributed by atoms with Crippen LogP contribution in [0.5, 0.6) is 28.9 Å². The van der Waals surface area contributed by atoms with E-state index in [9.17, 15) is 28.4 Å². The lowest BCUT2D eigenvalue weighted by atomic mass is 10.1. The van der Waals surface area contributed by atoms with Crippen LogP contribution in [0, 0.1) is 5.82 Å². The molecular weight excluding hydrogens is 645 g/mol. The highest BCUT2D eigenvalue weighted by Gasteiger charge is 2.26. The van der Waals surface area contributed by atoms with Gasteiger partial charge < -0.3 is 28.4 Å². The van der Waals surface area contributed by atoms with Crippen LogP contribution in [-0.2, 0) is 4.74 Å². The number of aromatic nitrogens is 3. The van der Waals surface area contributed by atoms with Crippen molar-refractivity contribution in [1.29, 1.82) is 0 Å². The molecule has 0 spiro atoms. The summed E-state index contributed by atoms with van der Waals surface area (Å²) in [6.45, 7) is 0.329. The fourth-order valence-corrected chi connectivity index (χ4v) is 4.81. The molecule has 1 saturated heterocycles. The van der Waals surface area contributed by atoms with Crippen molar-refractivity contribution >= 4 is 29.4 Å². The van der Waals surface area contributed by atoms with E-state index in [-0.39, 0.29) is 55.2 Å². The fraction of sp³-hybridized carbons (Fsp3) is 0.226. The van der Waals surface area contributed by atoms with Crippen molar-refractivity contribution < 1.29 is 47.2 Å². The number of carbonyl (C=O) groups excluding carboxylic acids is 3. The first-order valence-corrected chi connectivity index (χ1v) is 14.1. The first-order valence-electron chi connectivity index (χ1n) is 13.8. The molecule has 5 rings (SSSR count). The van der Waals surface area contributed by atoms with E-state index in [0.717, 1.165) is 22.9 Å². The summed E-state index contributed by atoms with van der Waals surface area (Å²) in [6.07, 6.45) is 1.94. The number of rotatable bonds is 9. The summed E-state index contributed by atoms with van der Waals surface area (Å²) in [5, 5.41) is -0.0904. The molecule has 1 aliphatic rings. The van der Waals surface area contributed by atoms with Crippen LogP contribution in [0.2, 0.25) is 5.02 Å². The largest absolute Gasteiger partial charge is 0.493 e. The van der Waals surface area contributed by atoms with Crippen LogP contribution < -0.4 is 34.9 Å². The fourth-order valence-electron chi connectivity index (χ4n) is 4.66. The molecule has 1 aliphatic heterocycles. The smallest absolute Gasteiger partial charge is 0.344 e. The number of nitrogens with zero attached hydrogens (tertiary/aromatic N) is 3. The summed E-state index contributed by atoms with van der Waals surface area (Å²) in [5.41, 5.74) is -3.01. The minimum atomic E-state index is -1.46. The molecule has 0 amide bonds. The molecule has 2 aromatic heterocycles.